The van der Waals surface area contributed by atoms with Gasteiger partial charge in [0.25, 0.3) is 0 Å². The molecule has 0 unspecified atom stereocenters. The van der Waals surface area contributed by atoms with Crippen LogP contribution in [0.4, 0.5) is 4.79 Å². The molecule has 0 aromatic heterocycles. The van der Waals surface area contributed by atoms with Crippen LogP contribution in [0.5, 0.6) is 5.75 Å². The van der Waals surface area contributed by atoms with Crippen LogP contribution in [0.1, 0.15) is 31.7 Å². The van der Waals surface area contributed by atoms with E-state index < -0.39 is 0 Å². The minimum Gasteiger partial charge on any atom is -0.473 e. The molecule has 1 aromatic carbocycles. The van der Waals surface area contributed by atoms with Crippen molar-refractivity contribution in [1.29, 1.82) is 0 Å². The summed E-state index contributed by atoms with van der Waals surface area (Å²) in [6.07, 6.45) is 4.28. The number of piperidine rings is 1. The minimum atomic E-state index is -0.0674. The van der Waals surface area contributed by atoms with Crippen molar-refractivity contribution >= 4 is 6.03 Å². The molecule has 1 saturated heterocycles. The van der Waals surface area contributed by atoms with Gasteiger partial charge in [0.2, 0.25) is 0 Å². The van der Waals surface area contributed by atoms with Gasteiger partial charge in [-0.05, 0) is 57.1 Å². The van der Waals surface area contributed by atoms with Crippen LogP contribution < -0.4 is 10.1 Å². The monoisotopic (exact) mass is 319 g/mol. The van der Waals surface area contributed by atoms with E-state index in [0.717, 1.165) is 44.5 Å². The van der Waals surface area contributed by atoms with Gasteiger partial charge in [-0.3, -0.25) is 0 Å². The first-order valence-electron chi connectivity index (χ1n) is 8.51. The van der Waals surface area contributed by atoms with E-state index in [1.165, 1.54) is 5.56 Å². The number of rotatable bonds is 6. The molecule has 0 spiro atoms. The molecule has 1 aromatic rings. The number of benzene rings is 1. The standard InChI is InChI=1S/C18H29N3O2/c1-4-5-15-6-8-17(9-7-15)23-14-19-18(22)21(3)16-10-12-20(2)13-11-16/h6-9,16H,4-5,10-14H2,1-3H3,(H,19,22). The SMILES string of the molecule is CCCc1ccc(OCNC(=O)N(C)C2CCN(C)CC2)cc1. The van der Waals surface area contributed by atoms with Gasteiger partial charge in [0.15, 0.2) is 6.73 Å². The van der Waals surface area contributed by atoms with Gasteiger partial charge in [-0.2, -0.15) is 0 Å². The first kappa shape index (κ1) is 17.6. The van der Waals surface area contributed by atoms with Gasteiger partial charge in [0.05, 0.1) is 0 Å². The first-order chi connectivity index (χ1) is 11.1. The third-order valence-electron chi connectivity index (χ3n) is 4.48. The van der Waals surface area contributed by atoms with E-state index in [2.05, 4.69) is 36.3 Å². The molecule has 1 heterocycles. The van der Waals surface area contributed by atoms with E-state index in [0.29, 0.717) is 6.04 Å². The number of ether oxygens (including phenoxy) is 1. The Labute approximate surface area is 139 Å². The number of carbonyl (C=O) groups is 1. The largest absolute Gasteiger partial charge is 0.473 e. The normalized spacial score (nSPS) is 16.1. The van der Waals surface area contributed by atoms with Crippen LogP contribution in [0.15, 0.2) is 24.3 Å². The summed E-state index contributed by atoms with van der Waals surface area (Å²) in [5.74, 6) is 0.784. The second kappa shape index (κ2) is 8.77. The topological polar surface area (TPSA) is 44.8 Å². The summed E-state index contributed by atoms with van der Waals surface area (Å²) >= 11 is 0. The molecular formula is C18H29N3O2. The predicted molar refractivity (Wildman–Crippen MR) is 92.7 cm³/mol. The molecule has 1 aliphatic rings. The van der Waals surface area contributed by atoms with Crippen LogP contribution in [0.25, 0.3) is 0 Å². The first-order valence-corrected chi connectivity index (χ1v) is 8.51. The molecule has 5 nitrogen and oxygen atoms in total. The van der Waals surface area contributed by atoms with Crippen molar-refractivity contribution in [1.82, 2.24) is 15.1 Å². The Hall–Kier alpha value is -1.75. The van der Waals surface area contributed by atoms with Crippen LogP contribution >= 0.6 is 0 Å². The van der Waals surface area contributed by atoms with Gasteiger partial charge in [0, 0.05) is 13.1 Å². The lowest BCUT2D eigenvalue weighted by molar-refractivity contribution is 0.142. The van der Waals surface area contributed by atoms with Gasteiger partial charge in [0.1, 0.15) is 5.75 Å². The van der Waals surface area contributed by atoms with Crippen molar-refractivity contribution < 1.29 is 9.53 Å². The Morgan fingerprint density at radius 2 is 1.96 bits per heavy atom. The molecule has 5 heteroatoms. The third kappa shape index (κ3) is 5.43. The maximum absolute atomic E-state index is 12.2. The molecule has 1 fully saturated rings. The van der Waals surface area contributed by atoms with Crippen LogP contribution in [0.2, 0.25) is 0 Å². The molecule has 2 rings (SSSR count). The highest BCUT2D eigenvalue weighted by molar-refractivity contribution is 5.74. The lowest BCUT2D eigenvalue weighted by Gasteiger charge is -2.35. The van der Waals surface area contributed by atoms with E-state index >= 15 is 0 Å². The van der Waals surface area contributed by atoms with Gasteiger partial charge in [-0.1, -0.05) is 25.5 Å². The fourth-order valence-electron chi connectivity index (χ4n) is 2.89. The Morgan fingerprint density at radius 1 is 1.30 bits per heavy atom. The Morgan fingerprint density at radius 3 is 2.57 bits per heavy atom. The average molecular weight is 319 g/mol. The van der Waals surface area contributed by atoms with Crippen LogP contribution in [-0.2, 0) is 6.42 Å². The fourth-order valence-corrected chi connectivity index (χ4v) is 2.89. The molecule has 0 bridgehead atoms. The van der Waals surface area contributed by atoms with E-state index in [9.17, 15) is 4.79 Å². The maximum Gasteiger partial charge on any atom is 0.319 e. The van der Waals surface area contributed by atoms with E-state index in [1.54, 1.807) is 4.90 Å². The van der Waals surface area contributed by atoms with Gasteiger partial charge < -0.3 is 19.9 Å². The molecule has 1 aliphatic heterocycles. The molecule has 2 amide bonds. The van der Waals surface area contributed by atoms with Crippen molar-refractivity contribution in [3.8, 4) is 5.75 Å². The molecular weight excluding hydrogens is 290 g/mol. The number of hydrogen-bond donors (Lipinski definition) is 1. The number of likely N-dealkylation sites (tertiary alicyclic amines) is 1. The quantitative estimate of drug-likeness (QED) is 0.820. The average Bonchev–Trinajstić information content (AvgIpc) is 2.56. The summed E-state index contributed by atoms with van der Waals surface area (Å²) in [6.45, 7) is 4.45. The molecule has 128 valence electrons. The Bertz CT molecular complexity index is 482. The number of urea groups is 1. The summed E-state index contributed by atoms with van der Waals surface area (Å²) in [5, 5.41) is 2.83. The van der Waals surface area contributed by atoms with Crippen LogP contribution in [0.3, 0.4) is 0 Å². The second-order valence-electron chi connectivity index (χ2n) is 6.31. The van der Waals surface area contributed by atoms with Crippen molar-refractivity contribution in [3.63, 3.8) is 0 Å². The zero-order chi connectivity index (χ0) is 16.7. The molecule has 0 saturated carbocycles. The highest BCUT2D eigenvalue weighted by Crippen LogP contribution is 2.15. The molecule has 0 aliphatic carbocycles. The van der Waals surface area contributed by atoms with Crippen LogP contribution in [-0.4, -0.2) is 55.8 Å². The minimum absolute atomic E-state index is 0.0674. The number of hydrogen-bond acceptors (Lipinski definition) is 3. The van der Waals surface area contributed by atoms with Gasteiger partial charge in [-0.25, -0.2) is 4.79 Å². The number of carbonyl (C=O) groups excluding carboxylic acids is 1. The zero-order valence-corrected chi connectivity index (χ0v) is 14.5. The highest BCUT2D eigenvalue weighted by atomic mass is 16.5. The van der Waals surface area contributed by atoms with E-state index in [4.69, 9.17) is 4.74 Å². The summed E-state index contributed by atoms with van der Waals surface area (Å²) in [6, 6.07) is 8.31. The number of amides is 2. The predicted octanol–water partition coefficient (Wildman–Crippen LogP) is 2.71. The number of nitrogens with one attached hydrogen (secondary N) is 1. The molecule has 23 heavy (non-hydrogen) atoms. The van der Waals surface area contributed by atoms with Crippen molar-refractivity contribution in [3.05, 3.63) is 29.8 Å². The highest BCUT2D eigenvalue weighted by Gasteiger charge is 2.23. The second-order valence-corrected chi connectivity index (χ2v) is 6.31. The van der Waals surface area contributed by atoms with Gasteiger partial charge >= 0.3 is 6.03 Å². The smallest absolute Gasteiger partial charge is 0.319 e. The molecule has 1 N–H and O–H groups in total. The van der Waals surface area contributed by atoms with Crippen molar-refractivity contribution in [2.45, 2.75) is 38.6 Å². The Kier molecular flexibility index (Phi) is 6.71. The number of nitrogens with zero attached hydrogens (tertiary/aromatic N) is 2. The van der Waals surface area contributed by atoms with Crippen molar-refractivity contribution in [2.24, 2.45) is 0 Å². The summed E-state index contributed by atoms with van der Waals surface area (Å²) < 4.78 is 5.60. The third-order valence-corrected chi connectivity index (χ3v) is 4.48. The molecule has 0 radical (unpaired) electrons. The summed E-state index contributed by atoms with van der Waals surface area (Å²) in [5.41, 5.74) is 1.31. The lowest BCUT2D eigenvalue weighted by atomic mass is 10.0. The summed E-state index contributed by atoms with van der Waals surface area (Å²) in [4.78, 5) is 16.3. The van der Waals surface area contributed by atoms with E-state index in [1.807, 2.05) is 19.2 Å². The van der Waals surface area contributed by atoms with Crippen LogP contribution in [0, 0.1) is 0 Å². The summed E-state index contributed by atoms with van der Waals surface area (Å²) in [7, 11) is 3.99. The van der Waals surface area contributed by atoms with Gasteiger partial charge in [-0.15, -0.1) is 0 Å². The van der Waals surface area contributed by atoms with Crippen molar-refractivity contribution in [2.75, 3.05) is 33.9 Å². The van der Waals surface area contributed by atoms with E-state index in [-0.39, 0.29) is 12.8 Å². The maximum atomic E-state index is 12.2. The Balaban J connectivity index is 1.71. The molecule has 0 atom stereocenters. The fraction of sp³-hybridized carbons (Fsp3) is 0.611. The number of aryl methyl sites for hydroxylation is 1. The lowest BCUT2D eigenvalue weighted by Crippen LogP contribution is -2.48. The zero-order valence-electron chi connectivity index (χ0n) is 14.5.